The lowest BCUT2D eigenvalue weighted by molar-refractivity contribution is 0.789. The summed E-state index contributed by atoms with van der Waals surface area (Å²) in [5.74, 6) is 0.819. The summed E-state index contributed by atoms with van der Waals surface area (Å²) in [5, 5.41) is 14.4. The molecule has 0 unspecified atom stereocenters. The molecular weight excluding hydrogens is 352 g/mol. The fraction of sp³-hybridized carbons (Fsp3) is 0.211. The molecule has 0 N–H and O–H groups in total. The molecule has 0 spiro atoms. The van der Waals surface area contributed by atoms with Crippen molar-refractivity contribution in [2.75, 3.05) is 0 Å². The van der Waals surface area contributed by atoms with E-state index in [1.54, 1.807) is 11.3 Å². The molecule has 128 valence electrons. The van der Waals surface area contributed by atoms with Crippen molar-refractivity contribution in [3.63, 3.8) is 0 Å². The second-order valence-electron chi connectivity index (χ2n) is 5.92. The van der Waals surface area contributed by atoms with Crippen LogP contribution in [-0.2, 0) is 12.8 Å². The molecule has 0 saturated carbocycles. The highest BCUT2D eigenvalue weighted by atomic mass is 35.5. The summed E-state index contributed by atoms with van der Waals surface area (Å²) < 4.78 is 1.87. The van der Waals surface area contributed by atoms with Gasteiger partial charge in [0, 0.05) is 12.0 Å². The molecule has 2 aromatic heterocycles. The summed E-state index contributed by atoms with van der Waals surface area (Å²) in [6.45, 7) is 2.08. The normalized spacial score (nSPS) is 10.8. The summed E-state index contributed by atoms with van der Waals surface area (Å²) in [5.41, 5.74) is 3.65. The molecular formula is C19H19ClN4S. The van der Waals surface area contributed by atoms with Crippen LogP contribution in [-0.4, -0.2) is 19.8 Å². The van der Waals surface area contributed by atoms with E-state index in [1.165, 1.54) is 11.1 Å². The first-order chi connectivity index (χ1) is 11.8. The molecule has 0 aliphatic carbocycles. The van der Waals surface area contributed by atoms with Crippen molar-refractivity contribution >= 4 is 28.7 Å². The molecule has 4 aromatic rings. The average Bonchev–Trinajstić information content (AvgIpc) is 3.16. The molecule has 0 bridgehead atoms. The maximum Gasteiger partial charge on any atom is 0.234 e. The number of hydrogen-bond donors (Lipinski definition) is 0. The fourth-order valence-corrected chi connectivity index (χ4v) is 3.69. The van der Waals surface area contributed by atoms with Crippen LogP contribution in [0.15, 0.2) is 54.6 Å². The van der Waals surface area contributed by atoms with Gasteiger partial charge in [0.05, 0.1) is 0 Å². The van der Waals surface area contributed by atoms with Gasteiger partial charge in [0.2, 0.25) is 4.96 Å². The second-order valence-corrected chi connectivity index (χ2v) is 6.96. The maximum atomic E-state index is 4.72. The lowest BCUT2D eigenvalue weighted by Gasteiger charge is -1.99. The predicted octanol–water partition coefficient (Wildman–Crippen LogP) is 4.76. The van der Waals surface area contributed by atoms with Gasteiger partial charge >= 0.3 is 0 Å². The molecule has 2 heterocycles. The third kappa shape index (κ3) is 3.89. The Hall–Kier alpha value is -2.24. The van der Waals surface area contributed by atoms with Crippen LogP contribution in [0.4, 0.5) is 0 Å². The van der Waals surface area contributed by atoms with Crippen molar-refractivity contribution in [2.24, 2.45) is 0 Å². The van der Waals surface area contributed by atoms with Gasteiger partial charge in [-0.1, -0.05) is 65.4 Å². The van der Waals surface area contributed by atoms with Gasteiger partial charge in [-0.3, -0.25) is 0 Å². The summed E-state index contributed by atoms with van der Waals surface area (Å²) >= 11 is 1.63. The third-order valence-electron chi connectivity index (χ3n) is 4.01. The van der Waals surface area contributed by atoms with Crippen LogP contribution in [0.5, 0.6) is 0 Å². The van der Waals surface area contributed by atoms with Crippen molar-refractivity contribution in [1.29, 1.82) is 0 Å². The van der Waals surface area contributed by atoms with Crippen LogP contribution >= 0.6 is 23.7 Å². The van der Waals surface area contributed by atoms with Crippen molar-refractivity contribution < 1.29 is 0 Å². The molecule has 2 aromatic carbocycles. The average molecular weight is 371 g/mol. The summed E-state index contributed by atoms with van der Waals surface area (Å²) in [6.07, 6.45) is 3.13. The van der Waals surface area contributed by atoms with Gasteiger partial charge in [-0.2, -0.15) is 9.61 Å². The molecule has 0 atom stereocenters. The molecule has 0 aliphatic rings. The molecule has 4 nitrogen and oxygen atoms in total. The smallest absolute Gasteiger partial charge is 0.183 e. The van der Waals surface area contributed by atoms with Gasteiger partial charge in [0.25, 0.3) is 0 Å². The maximum absolute atomic E-state index is 4.72. The zero-order valence-corrected chi connectivity index (χ0v) is 15.6. The number of halogens is 1. The zero-order valence-electron chi connectivity index (χ0n) is 13.9. The number of aryl methyl sites for hydroxylation is 3. The van der Waals surface area contributed by atoms with Crippen molar-refractivity contribution in [3.05, 3.63) is 70.7 Å². The lowest BCUT2D eigenvalue weighted by atomic mass is 10.1. The molecule has 0 amide bonds. The predicted molar refractivity (Wildman–Crippen MR) is 105 cm³/mol. The van der Waals surface area contributed by atoms with E-state index in [4.69, 9.17) is 5.10 Å². The first-order valence-corrected chi connectivity index (χ1v) is 8.93. The zero-order chi connectivity index (χ0) is 16.4. The van der Waals surface area contributed by atoms with Crippen LogP contribution in [0.3, 0.4) is 0 Å². The van der Waals surface area contributed by atoms with E-state index < -0.39 is 0 Å². The second kappa shape index (κ2) is 7.76. The number of rotatable bonds is 5. The molecule has 0 saturated heterocycles. The molecule has 0 radical (unpaired) electrons. The number of benzene rings is 2. The van der Waals surface area contributed by atoms with Crippen molar-refractivity contribution in [3.8, 4) is 11.4 Å². The third-order valence-corrected chi connectivity index (χ3v) is 4.97. The Balaban J connectivity index is 0.00000182. The highest BCUT2D eigenvalue weighted by Gasteiger charge is 2.13. The monoisotopic (exact) mass is 370 g/mol. The molecule has 4 rings (SSSR count). The topological polar surface area (TPSA) is 43.1 Å². The van der Waals surface area contributed by atoms with Gasteiger partial charge in [-0.05, 0) is 31.4 Å². The van der Waals surface area contributed by atoms with E-state index in [-0.39, 0.29) is 12.4 Å². The Labute approximate surface area is 157 Å². The van der Waals surface area contributed by atoms with E-state index in [1.807, 2.05) is 10.6 Å². The molecule has 6 heteroatoms. The van der Waals surface area contributed by atoms with Gasteiger partial charge in [-0.15, -0.1) is 22.6 Å². The number of fused-ring (bicyclic) bond motifs is 1. The quantitative estimate of drug-likeness (QED) is 0.508. The highest BCUT2D eigenvalue weighted by Crippen LogP contribution is 2.23. The van der Waals surface area contributed by atoms with Gasteiger partial charge < -0.3 is 0 Å². The Morgan fingerprint density at radius 3 is 2.60 bits per heavy atom. The van der Waals surface area contributed by atoms with Crippen LogP contribution < -0.4 is 0 Å². The van der Waals surface area contributed by atoms with Crippen LogP contribution in [0, 0.1) is 6.92 Å². The van der Waals surface area contributed by atoms with E-state index in [2.05, 4.69) is 65.7 Å². The lowest BCUT2D eigenvalue weighted by Crippen LogP contribution is -1.94. The Morgan fingerprint density at radius 2 is 1.80 bits per heavy atom. The summed E-state index contributed by atoms with van der Waals surface area (Å²) in [6, 6.07) is 18.9. The highest BCUT2D eigenvalue weighted by molar-refractivity contribution is 7.16. The van der Waals surface area contributed by atoms with E-state index >= 15 is 0 Å². The van der Waals surface area contributed by atoms with E-state index in [0.29, 0.717) is 0 Å². The molecule has 25 heavy (non-hydrogen) atoms. The van der Waals surface area contributed by atoms with Crippen LogP contribution in [0.2, 0.25) is 0 Å². The number of hydrogen-bond acceptors (Lipinski definition) is 4. The SMILES string of the molecule is Cc1cccc(-c2nnc3sc(CCCc4ccccc4)nn23)c1.Cl. The van der Waals surface area contributed by atoms with Crippen molar-refractivity contribution in [1.82, 2.24) is 19.8 Å². The largest absolute Gasteiger partial charge is 0.234 e. The van der Waals surface area contributed by atoms with Crippen molar-refractivity contribution in [2.45, 2.75) is 26.2 Å². The summed E-state index contributed by atoms with van der Waals surface area (Å²) in [4.78, 5) is 0.862. The fourth-order valence-electron chi connectivity index (χ4n) is 2.81. The van der Waals surface area contributed by atoms with Gasteiger partial charge in [0.15, 0.2) is 5.82 Å². The minimum absolute atomic E-state index is 0. The molecule has 0 fully saturated rings. The standard InChI is InChI=1S/C19H18N4S.ClH/c1-14-7-5-11-16(13-14)18-20-21-19-23(18)22-17(24-19)12-6-10-15-8-3-2-4-9-15;/h2-5,7-9,11,13H,6,10,12H2,1H3;1H. The Bertz CT molecular complexity index is 962. The number of aromatic nitrogens is 4. The van der Waals surface area contributed by atoms with Crippen LogP contribution in [0.1, 0.15) is 22.6 Å². The van der Waals surface area contributed by atoms with E-state index in [0.717, 1.165) is 40.6 Å². The van der Waals surface area contributed by atoms with Gasteiger partial charge in [-0.25, -0.2) is 0 Å². The molecule has 0 aliphatic heterocycles. The summed E-state index contributed by atoms with van der Waals surface area (Å²) in [7, 11) is 0. The Morgan fingerprint density at radius 1 is 0.960 bits per heavy atom. The minimum Gasteiger partial charge on any atom is -0.183 e. The van der Waals surface area contributed by atoms with Gasteiger partial charge in [0.1, 0.15) is 5.01 Å². The first-order valence-electron chi connectivity index (χ1n) is 8.12. The van der Waals surface area contributed by atoms with E-state index in [9.17, 15) is 0 Å². The number of nitrogens with zero attached hydrogens (tertiary/aromatic N) is 4. The first kappa shape index (κ1) is 17.6. The minimum atomic E-state index is 0. The Kier molecular flexibility index (Phi) is 5.46. The van der Waals surface area contributed by atoms with Crippen LogP contribution in [0.25, 0.3) is 16.3 Å².